The molecule has 1 spiro atoms. The van der Waals surface area contributed by atoms with Crippen molar-refractivity contribution < 1.29 is 17.9 Å². The molecule has 2 aliphatic rings. The van der Waals surface area contributed by atoms with E-state index >= 15 is 0 Å². The van der Waals surface area contributed by atoms with Gasteiger partial charge in [-0.1, -0.05) is 17.7 Å². The van der Waals surface area contributed by atoms with Crippen LogP contribution >= 0.6 is 0 Å². The van der Waals surface area contributed by atoms with Crippen LogP contribution < -0.4 is 0 Å². The predicted molar refractivity (Wildman–Crippen MR) is 83.3 cm³/mol. The molecule has 0 amide bonds. The van der Waals surface area contributed by atoms with Gasteiger partial charge in [0.15, 0.2) is 0 Å². The van der Waals surface area contributed by atoms with Crippen molar-refractivity contribution in [3.05, 3.63) is 29.8 Å². The standard InChI is InChI=1S/C16H23NO4S/c1-13-4-6-14(7-5-13)22(18,19)17-10-8-15(20-2)16(12-17)9-3-11-21-16/h4-7,15H,3,8-12H2,1-2H3/t15-,16-/m0/s1. The number of benzene rings is 1. The Bertz CT molecular complexity index is 620. The maximum absolute atomic E-state index is 12.9. The highest BCUT2D eigenvalue weighted by Crippen LogP contribution is 2.38. The summed E-state index contributed by atoms with van der Waals surface area (Å²) in [5.41, 5.74) is 0.567. The minimum Gasteiger partial charge on any atom is -0.378 e. The Kier molecular flexibility index (Phi) is 4.29. The van der Waals surface area contributed by atoms with E-state index < -0.39 is 15.6 Å². The van der Waals surface area contributed by atoms with Crippen molar-refractivity contribution in [3.63, 3.8) is 0 Å². The van der Waals surface area contributed by atoms with Crippen LogP contribution in [0.25, 0.3) is 0 Å². The van der Waals surface area contributed by atoms with E-state index in [0.29, 0.717) is 31.0 Å². The van der Waals surface area contributed by atoms with Crippen molar-refractivity contribution >= 4 is 10.0 Å². The van der Waals surface area contributed by atoms with E-state index in [-0.39, 0.29) is 6.10 Å². The molecule has 2 atom stereocenters. The van der Waals surface area contributed by atoms with Crippen LogP contribution in [0.4, 0.5) is 0 Å². The molecule has 0 aliphatic carbocycles. The summed E-state index contributed by atoms with van der Waals surface area (Å²) in [4.78, 5) is 0.349. The van der Waals surface area contributed by atoms with Crippen LogP contribution in [0.2, 0.25) is 0 Å². The highest BCUT2D eigenvalue weighted by molar-refractivity contribution is 7.89. The first-order chi connectivity index (χ1) is 10.5. The van der Waals surface area contributed by atoms with E-state index in [0.717, 1.165) is 18.4 Å². The summed E-state index contributed by atoms with van der Waals surface area (Å²) < 4.78 is 38.8. The van der Waals surface area contributed by atoms with Crippen LogP contribution in [0.5, 0.6) is 0 Å². The summed E-state index contributed by atoms with van der Waals surface area (Å²) in [7, 11) is -1.80. The summed E-state index contributed by atoms with van der Waals surface area (Å²) in [6.45, 7) is 3.47. The maximum Gasteiger partial charge on any atom is 0.243 e. The fourth-order valence-electron chi connectivity index (χ4n) is 3.50. The van der Waals surface area contributed by atoms with E-state index in [4.69, 9.17) is 9.47 Å². The molecule has 0 unspecified atom stereocenters. The van der Waals surface area contributed by atoms with Gasteiger partial charge in [-0.15, -0.1) is 0 Å². The number of aryl methyl sites for hydroxylation is 1. The number of sulfonamides is 1. The zero-order valence-electron chi connectivity index (χ0n) is 13.1. The van der Waals surface area contributed by atoms with Crippen molar-refractivity contribution in [2.45, 2.75) is 42.8 Å². The van der Waals surface area contributed by atoms with Crippen LogP contribution in [0, 0.1) is 6.92 Å². The Morgan fingerprint density at radius 1 is 1.32 bits per heavy atom. The molecule has 0 aromatic heterocycles. The first kappa shape index (κ1) is 15.9. The molecule has 2 fully saturated rings. The number of methoxy groups -OCH3 is 1. The SMILES string of the molecule is CO[C@H]1CCN(S(=O)(=O)c2ccc(C)cc2)C[C@@]12CCCO2. The number of piperidine rings is 1. The first-order valence-electron chi connectivity index (χ1n) is 7.71. The third-order valence-electron chi connectivity index (χ3n) is 4.75. The van der Waals surface area contributed by atoms with Gasteiger partial charge in [-0.25, -0.2) is 8.42 Å². The first-order valence-corrected chi connectivity index (χ1v) is 9.15. The lowest BCUT2D eigenvalue weighted by atomic mass is 9.88. The number of nitrogens with zero attached hydrogens (tertiary/aromatic N) is 1. The molecule has 5 nitrogen and oxygen atoms in total. The molecule has 22 heavy (non-hydrogen) atoms. The van der Waals surface area contributed by atoms with Crippen molar-refractivity contribution in [1.82, 2.24) is 4.31 Å². The lowest BCUT2D eigenvalue weighted by Crippen LogP contribution is -2.58. The van der Waals surface area contributed by atoms with Crippen LogP contribution in [0.1, 0.15) is 24.8 Å². The Hall–Kier alpha value is -0.950. The van der Waals surface area contributed by atoms with Gasteiger partial charge in [-0.05, 0) is 38.3 Å². The fraction of sp³-hybridized carbons (Fsp3) is 0.625. The molecule has 0 radical (unpaired) electrons. The number of hydrogen-bond acceptors (Lipinski definition) is 4. The molecule has 0 N–H and O–H groups in total. The molecule has 2 heterocycles. The Morgan fingerprint density at radius 3 is 2.64 bits per heavy atom. The van der Waals surface area contributed by atoms with Gasteiger partial charge in [-0.2, -0.15) is 4.31 Å². The number of hydrogen-bond donors (Lipinski definition) is 0. The third kappa shape index (κ3) is 2.69. The van der Waals surface area contributed by atoms with Gasteiger partial charge >= 0.3 is 0 Å². The summed E-state index contributed by atoms with van der Waals surface area (Å²) in [6, 6.07) is 7.01. The van der Waals surface area contributed by atoms with E-state index in [1.54, 1.807) is 23.5 Å². The Labute approximate surface area is 132 Å². The summed E-state index contributed by atoms with van der Waals surface area (Å²) in [5, 5.41) is 0. The molecular weight excluding hydrogens is 302 g/mol. The topological polar surface area (TPSA) is 55.8 Å². The average Bonchev–Trinajstić information content (AvgIpc) is 2.96. The van der Waals surface area contributed by atoms with Gasteiger partial charge < -0.3 is 9.47 Å². The van der Waals surface area contributed by atoms with Gasteiger partial charge in [-0.3, -0.25) is 0 Å². The van der Waals surface area contributed by atoms with Crippen molar-refractivity contribution in [2.75, 3.05) is 26.8 Å². The van der Waals surface area contributed by atoms with Gasteiger partial charge in [0.25, 0.3) is 0 Å². The molecule has 2 saturated heterocycles. The highest BCUT2D eigenvalue weighted by atomic mass is 32.2. The lowest BCUT2D eigenvalue weighted by Gasteiger charge is -2.44. The third-order valence-corrected chi connectivity index (χ3v) is 6.61. The second kappa shape index (κ2) is 5.92. The quantitative estimate of drug-likeness (QED) is 0.852. The van der Waals surface area contributed by atoms with Crippen molar-refractivity contribution in [3.8, 4) is 0 Å². The van der Waals surface area contributed by atoms with Crippen molar-refractivity contribution in [2.24, 2.45) is 0 Å². The lowest BCUT2D eigenvalue weighted by molar-refractivity contribution is -0.132. The minimum absolute atomic E-state index is 0.0283. The zero-order chi connectivity index (χ0) is 15.8. The van der Waals surface area contributed by atoms with E-state index in [1.165, 1.54) is 0 Å². The van der Waals surface area contributed by atoms with Gasteiger partial charge in [0.1, 0.15) is 5.60 Å². The molecule has 0 saturated carbocycles. The fourth-order valence-corrected chi connectivity index (χ4v) is 5.01. The van der Waals surface area contributed by atoms with E-state index in [9.17, 15) is 8.42 Å². The predicted octanol–water partition coefficient (Wildman–Crippen LogP) is 1.95. The van der Waals surface area contributed by atoms with E-state index in [2.05, 4.69) is 0 Å². The largest absolute Gasteiger partial charge is 0.378 e. The molecule has 3 rings (SSSR count). The minimum atomic E-state index is -3.48. The Morgan fingerprint density at radius 2 is 2.05 bits per heavy atom. The number of ether oxygens (including phenoxy) is 2. The van der Waals surface area contributed by atoms with Crippen LogP contribution in [0.15, 0.2) is 29.2 Å². The average molecular weight is 325 g/mol. The summed E-state index contributed by atoms with van der Waals surface area (Å²) in [6.07, 6.45) is 2.45. The molecule has 2 aliphatic heterocycles. The van der Waals surface area contributed by atoms with Gasteiger partial charge in [0.2, 0.25) is 10.0 Å². The second-order valence-electron chi connectivity index (χ2n) is 6.18. The van der Waals surface area contributed by atoms with E-state index in [1.807, 2.05) is 19.1 Å². The highest BCUT2D eigenvalue weighted by Gasteiger charge is 2.49. The molecule has 6 heteroatoms. The van der Waals surface area contributed by atoms with Crippen LogP contribution in [-0.4, -0.2) is 51.2 Å². The van der Waals surface area contributed by atoms with Gasteiger partial charge in [0.05, 0.1) is 11.0 Å². The summed E-state index contributed by atoms with van der Waals surface area (Å²) in [5.74, 6) is 0. The molecule has 122 valence electrons. The van der Waals surface area contributed by atoms with Gasteiger partial charge in [0, 0.05) is 26.8 Å². The molecule has 1 aromatic carbocycles. The Balaban J connectivity index is 1.87. The monoisotopic (exact) mass is 325 g/mol. The molecule has 0 bridgehead atoms. The molecular formula is C16H23NO4S. The summed E-state index contributed by atoms with van der Waals surface area (Å²) >= 11 is 0. The second-order valence-corrected chi connectivity index (χ2v) is 8.12. The molecule has 1 aromatic rings. The van der Waals surface area contributed by atoms with Crippen LogP contribution in [-0.2, 0) is 19.5 Å². The maximum atomic E-state index is 12.9. The normalized spacial score (nSPS) is 30.0. The zero-order valence-corrected chi connectivity index (χ0v) is 13.9. The smallest absolute Gasteiger partial charge is 0.243 e. The van der Waals surface area contributed by atoms with Crippen LogP contribution in [0.3, 0.4) is 0 Å². The number of rotatable bonds is 3. The van der Waals surface area contributed by atoms with Crippen molar-refractivity contribution in [1.29, 1.82) is 0 Å².